The van der Waals surface area contributed by atoms with E-state index in [1.54, 1.807) is 0 Å². The number of ether oxygens (including phenoxy) is 1. The van der Waals surface area contributed by atoms with Crippen LogP contribution in [0.4, 0.5) is 0 Å². The topological polar surface area (TPSA) is 95.1 Å². The van der Waals surface area contributed by atoms with Crippen molar-refractivity contribution in [3.05, 3.63) is 28.7 Å². The zero-order chi connectivity index (χ0) is 16.9. The molecule has 1 aromatic carbocycles. The second kappa shape index (κ2) is 8.00. The molecule has 0 saturated carbocycles. The summed E-state index contributed by atoms with van der Waals surface area (Å²) < 4.78 is 7.81. The molecule has 1 saturated heterocycles. The third-order valence-corrected chi connectivity index (χ3v) is 5.07. The number of nitrogens with zero attached hydrogens (tertiary/aromatic N) is 3. The second-order valence-electron chi connectivity index (χ2n) is 5.41. The largest absolute Gasteiger partial charge is 0.376 e. The van der Waals surface area contributed by atoms with Crippen LogP contribution in [0.25, 0.3) is 11.4 Å². The van der Waals surface area contributed by atoms with Gasteiger partial charge in [0.05, 0.1) is 11.9 Å². The van der Waals surface area contributed by atoms with E-state index in [0.717, 1.165) is 29.5 Å². The molecule has 2 heterocycles. The number of rotatable bonds is 6. The number of benzene rings is 1. The molecule has 0 aliphatic carbocycles. The number of amides is 1. The molecule has 1 amide bonds. The number of nitrogen functional groups attached to an aromatic ring is 1. The minimum Gasteiger partial charge on any atom is -0.376 e. The Labute approximate surface area is 152 Å². The lowest BCUT2D eigenvalue weighted by molar-refractivity contribution is -0.119. The van der Waals surface area contributed by atoms with Crippen LogP contribution in [-0.2, 0) is 9.53 Å². The van der Waals surface area contributed by atoms with Gasteiger partial charge in [0.2, 0.25) is 11.1 Å². The van der Waals surface area contributed by atoms with E-state index in [0.29, 0.717) is 17.5 Å². The summed E-state index contributed by atoms with van der Waals surface area (Å²) in [5, 5.41) is 11.5. The summed E-state index contributed by atoms with van der Waals surface area (Å²) in [6.45, 7) is 1.34. The predicted octanol–water partition coefficient (Wildman–Crippen LogP) is 1.81. The monoisotopic (exact) mass is 411 g/mol. The van der Waals surface area contributed by atoms with Gasteiger partial charge in [-0.15, -0.1) is 10.2 Å². The Hall–Kier alpha value is -1.58. The predicted molar refractivity (Wildman–Crippen MR) is 96.0 cm³/mol. The van der Waals surface area contributed by atoms with Gasteiger partial charge >= 0.3 is 0 Å². The van der Waals surface area contributed by atoms with Crippen LogP contribution in [0, 0.1) is 0 Å². The zero-order valence-corrected chi connectivity index (χ0v) is 15.3. The van der Waals surface area contributed by atoms with E-state index in [9.17, 15) is 4.79 Å². The summed E-state index contributed by atoms with van der Waals surface area (Å²) >= 11 is 4.68. The Kier molecular flexibility index (Phi) is 5.75. The highest BCUT2D eigenvalue weighted by Gasteiger charge is 2.17. The fraction of sp³-hybridized carbons (Fsp3) is 0.400. The molecule has 0 bridgehead atoms. The maximum Gasteiger partial charge on any atom is 0.230 e. The molecule has 9 heteroatoms. The normalized spacial score (nSPS) is 17.1. The van der Waals surface area contributed by atoms with Gasteiger partial charge < -0.3 is 15.9 Å². The van der Waals surface area contributed by atoms with Gasteiger partial charge in [0.1, 0.15) is 0 Å². The maximum absolute atomic E-state index is 11.9. The molecular weight excluding hydrogens is 394 g/mol. The highest BCUT2D eigenvalue weighted by Crippen LogP contribution is 2.23. The molecule has 3 N–H and O–H groups in total. The lowest BCUT2D eigenvalue weighted by Crippen LogP contribution is -2.33. The van der Waals surface area contributed by atoms with Gasteiger partial charge in [0, 0.05) is 23.2 Å². The van der Waals surface area contributed by atoms with Gasteiger partial charge in [-0.1, -0.05) is 39.8 Å². The Morgan fingerprint density at radius 3 is 3.12 bits per heavy atom. The summed E-state index contributed by atoms with van der Waals surface area (Å²) in [4.78, 5) is 11.9. The van der Waals surface area contributed by atoms with Crippen LogP contribution in [0.5, 0.6) is 0 Å². The van der Waals surface area contributed by atoms with Gasteiger partial charge in [0.25, 0.3) is 0 Å². The molecule has 1 aliphatic rings. The quantitative estimate of drug-likeness (QED) is 0.555. The third kappa shape index (κ3) is 4.28. The Balaban J connectivity index is 1.55. The summed E-state index contributed by atoms with van der Waals surface area (Å²) in [5.74, 6) is 6.77. The van der Waals surface area contributed by atoms with E-state index < -0.39 is 0 Å². The van der Waals surface area contributed by atoms with Crippen molar-refractivity contribution in [3.63, 3.8) is 0 Å². The van der Waals surface area contributed by atoms with Crippen molar-refractivity contribution in [3.8, 4) is 11.4 Å². The lowest BCUT2D eigenvalue weighted by atomic mass is 10.2. The maximum atomic E-state index is 11.9. The lowest BCUT2D eigenvalue weighted by Gasteiger charge is -2.10. The van der Waals surface area contributed by atoms with E-state index in [2.05, 4.69) is 31.4 Å². The van der Waals surface area contributed by atoms with E-state index in [1.165, 1.54) is 16.4 Å². The molecule has 3 rings (SSSR count). The number of aromatic nitrogens is 3. The number of thioether (sulfide) groups is 1. The Morgan fingerprint density at radius 2 is 2.38 bits per heavy atom. The molecule has 1 aliphatic heterocycles. The number of nitrogens with two attached hydrogens (primary N) is 1. The molecule has 1 aromatic heterocycles. The average Bonchev–Trinajstić information content (AvgIpc) is 3.21. The standard InChI is InChI=1S/C15H18BrN5O2S/c16-11-4-1-3-10(7-11)14-19-20-15(21(14)17)24-9-13(22)18-8-12-5-2-6-23-12/h1,3-4,7,12H,2,5-6,8-9,17H2,(H,18,22)/t12-/m1/s1. The van der Waals surface area contributed by atoms with Crippen molar-refractivity contribution in [1.29, 1.82) is 0 Å². The minimum atomic E-state index is -0.0671. The highest BCUT2D eigenvalue weighted by molar-refractivity contribution is 9.10. The molecule has 128 valence electrons. The van der Waals surface area contributed by atoms with Crippen molar-refractivity contribution < 1.29 is 9.53 Å². The van der Waals surface area contributed by atoms with Crippen LogP contribution in [0.2, 0.25) is 0 Å². The van der Waals surface area contributed by atoms with Crippen molar-refractivity contribution in [2.75, 3.05) is 24.7 Å². The zero-order valence-electron chi connectivity index (χ0n) is 12.9. The van der Waals surface area contributed by atoms with Crippen LogP contribution in [0.15, 0.2) is 33.9 Å². The average molecular weight is 412 g/mol. The Morgan fingerprint density at radius 1 is 1.50 bits per heavy atom. The summed E-state index contributed by atoms with van der Waals surface area (Å²) in [6.07, 6.45) is 2.20. The van der Waals surface area contributed by atoms with Crippen LogP contribution >= 0.6 is 27.7 Å². The minimum absolute atomic E-state index is 0.0671. The van der Waals surface area contributed by atoms with Crippen LogP contribution in [0.1, 0.15) is 12.8 Å². The first-order chi connectivity index (χ1) is 11.6. The molecular formula is C15H18BrN5O2S. The van der Waals surface area contributed by atoms with Crippen molar-refractivity contribution in [2.45, 2.75) is 24.1 Å². The molecule has 1 atom stereocenters. The van der Waals surface area contributed by atoms with Crippen molar-refractivity contribution in [2.24, 2.45) is 0 Å². The first-order valence-corrected chi connectivity index (χ1v) is 9.39. The smallest absolute Gasteiger partial charge is 0.230 e. The number of hydrogen-bond donors (Lipinski definition) is 2. The second-order valence-corrected chi connectivity index (χ2v) is 7.27. The summed E-state index contributed by atoms with van der Waals surface area (Å²) in [5.41, 5.74) is 0.856. The first kappa shape index (κ1) is 17.2. The molecule has 1 fully saturated rings. The molecule has 7 nitrogen and oxygen atoms in total. The number of halogens is 1. The number of carbonyl (C=O) groups is 1. The third-order valence-electron chi connectivity index (χ3n) is 3.63. The van der Waals surface area contributed by atoms with Gasteiger partial charge in [-0.3, -0.25) is 4.79 Å². The van der Waals surface area contributed by atoms with Gasteiger partial charge in [0.15, 0.2) is 5.82 Å². The van der Waals surface area contributed by atoms with E-state index in [1.807, 2.05) is 24.3 Å². The van der Waals surface area contributed by atoms with Crippen molar-refractivity contribution in [1.82, 2.24) is 20.2 Å². The molecule has 24 heavy (non-hydrogen) atoms. The molecule has 0 unspecified atom stereocenters. The van der Waals surface area contributed by atoms with Gasteiger partial charge in [-0.05, 0) is 25.0 Å². The van der Waals surface area contributed by atoms with Gasteiger partial charge in [-0.25, -0.2) is 4.68 Å². The van der Waals surface area contributed by atoms with E-state index in [-0.39, 0.29) is 17.8 Å². The number of nitrogens with one attached hydrogen (secondary N) is 1. The fourth-order valence-electron chi connectivity index (χ4n) is 2.41. The fourth-order valence-corrected chi connectivity index (χ4v) is 3.50. The summed E-state index contributed by atoms with van der Waals surface area (Å²) in [7, 11) is 0. The number of hydrogen-bond acceptors (Lipinski definition) is 6. The summed E-state index contributed by atoms with van der Waals surface area (Å²) in [6, 6.07) is 7.64. The molecule has 0 radical (unpaired) electrons. The van der Waals surface area contributed by atoms with E-state index >= 15 is 0 Å². The Bertz CT molecular complexity index is 718. The van der Waals surface area contributed by atoms with Crippen LogP contribution < -0.4 is 11.2 Å². The molecule has 0 spiro atoms. The first-order valence-electron chi connectivity index (χ1n) is 7.61. The van der Waals surface area contributed by atoms with Crippen LogP contribution in [0.3, 0.4) is 0 Å². The SMILES string of the molecule is Nn1c(SCC(=O)NC[C@H]2CCCO2)nnc1-c1cccc(Br)c1. The van der Waals surface area contributed by atoms with Crippen molar-refractivity contribution >= 4 is 33.6 Å². The van der Waals surface area contributed by atoms with Crippen LogP contribution in [-0.4, -0.2) is 45.8 Å². The van der Waals surface area contributed by atoms with Gasteiger partial charge in [-0.2, -0.15) is 0 Å². The number of carbonyl (C=O) groups excluding carboxylic acids is 1. The molecule has 2 aromatic rings. The van der Waals surface area contributed by atoms with E-state index in [4.69, 9.17) is 10.6 Å². The highest BCUT2D eigenvalue weighted by atomic mass is 79.9.